The summed E-state index contributed by atoms with van der Waals surface area (Å²) in [5, 5.41) is 0. The van der Waals surface area contributed by atoms with Gasteiger partial charge in [0, 0.05) is 35.7 Å². The van der Waals surface area contributed by atoms with Gasteiger partial charge >= 0.3 is 0 Å². The SMILES string of the molecule is CCN(c1cc(C)ncc1CCl)C1CC1. The largest absolute Gasteiger partial charge is 0.368 e. The van der Waals surface area contributed by atoms with Gasteiger partial charge in [-0.05, 0) is 32.8 Å². The number of pyridine rings is 1. The summed E-state index contributed by atoms with van der Waals surface area (Å²) in [5.74, 6) is 0.547. The van der Waals surface area contributed by atoms with Crippen molar-refractivity contribution < 1.29 is 0 Å². The molecule has 82 valence electrons. The van der Waals surface area contributed by atoms with E-state index in [1.807, 2.05) is 13.1 Å². The number of hydrogen-bond acceptors (Lipinski definition) is 2. The summed E-state index contributed by atoms with van der Waals surface area (Å²) >= 11 is 5.94. The molecule has 1 aliphatic rings. The maximum absolute atomic E-state index is 5.94. The third-order valence-electron chi connectivity index (χ3n) is 2.88. The van der Waals surface area contributed by atoms with E-state index in [0.717, 1.165) is 23.8 Å². The molecule has 0 bridgehead atoms. The Morgan fingerprint density at radius 1 is 1.53 bits per heavy atom. The molecule has 1 aliphatic carbocycles. The average Bonchev–Trinajstić information content (AvgIpc) is 3.04. The second-order valence-electron chi connectivity index (χ2n) is 4.11. The van der Waals surface area contributed by atoms with Crippen LogP contribution in [-0.4, -0.2) is 17.6 Å². The van der Waals surface area contributed by atoms with Crippen LogP contribution in [0, 0.1) is 6.92 Å². The number of nitrogens with zero attached hydrogens (tertiary/aromatic N) is 2. The van der Waals surface area contributed by atoms with Gasteiger partial charge in [-0.2, -0.15) is 0 Å². The molecule has 0 unspecified atom stereocenters. The fourth-order valence-electron chi connectivity index (χ4n) is 1.96. The molecule has 2 rings (SSSR count). The van der Waals surface area contributed by atoms with Gasteiger partial charge in [0.1, 0.15) is 0 Å². The summed E-state index contributed by atoms with van der Waals surface area (Å²) in [6.45, 7) is 5.28. The van der Waals surface area contributed by atoms with Crippen molar-refractivity contribution in [1.82, 2.24) is 4.98 Å². The highest BCUT2D eigenvalue weighted by atomic mass is 35.5. The van der Waals surface area contributed by atoms with Crippen LogP contribution >= 0.6 is 11.6 Å². The van der Waals surface area contributed by atoms with Crippen molar-refractivity contribution in [2.24, 2.45) is 0 Å². The van der Waals surface area contributed by atoms with Gasteiger partial charge in [-0.1, -0.05) is 0 Å². The third-order valence-corrected chi connectivity index (χ3v) is 3.17. The predicted octanol–water partition coefficient (Wildman–Crippen LogP) is 3.12. The number of aryl methyl sites for hydroxylation is 1. The van der Waals surface area contributed by atoms with Crippen LogP contribution in [0.3, 0.4) is 0 Å². The van der Waals surface area contributed by atoms with Crippen LogP contribution < -0.4 is 4.90 Å². The molecule has 1 aromatic rings. The monoisotopic (exact) mass is 224 g/mol. The maximum atomic E-state index is 5.94. The molecule has 2 nitrogen and oxygen atoms in total. The predicted molar refractivity (Wildman–Crippen MR) is 64.6 cm³/mol. The van der Waals surface area contributed by atoms with Crippen LogP contribution in [0.2, 0.25) is 0 Å². The van der Waals surface area contributed by atoms with Gasteiger partial charge in [-0.15, -0.1) is 11.6 Å². The Labute approximate surface area is 96.3 Å². The number of anilines is 1. The highest BCUT2D eigenvalue weighted by molar-refractivity contribution is 6.17. The summed E-state index contributed by atoms with van der Waals surface area (Å²) in [7, 11) is 0. The lowest BCUT2D eigenvalue weighted by Gasteiger charge is -2.25. The lowest BCUT2D eigenvalue weighted by Crippen LogP contribution is -2.26. The van der Waals surface area contributed by atoms with E-state index in [-0.39, 0.29) is 0 Å². The molecule has 0 aromatic carbocycles. The molecule has 3 heteroatoms. The summed E-state index contributed by atoms with van der Waals surface area (Å²) in [6, 6.07) is 2.89. The van der Waals surface area contributed by atoms with Crippen molar-refractivity contribution >= 4 is 17.3 Å². The quantitative estimate of drug-likeness (QED) is 0.731. The first-order valence-electron chi connectivity index (χ1n) is 5.54. The van der Waals surface area contributed by atoms with Crippen molar-refractivity contribution in [1.29, 1.82) is 0 Å². The minimum absolute atomic E-state index is 0.547. The van der Waals surface area contributed by atoms with Gasteiger partial charge in [0.05, 0.1) is 5.88 Å². The zero-order valence-electron chi connectivity index (χ0n) is 9.33. The van der Waals surface area contributed by atoms with Crippen LogP contribution in [0.1, 0.15) is 31.0 Å². The van der Waals surface area contributed by atoms with Crippen molar-refractivity contribution in [3.63, 3.8) is 0 Å². The molecule has 0 aliphatic heterocycles. The molecule has 15 heavy (non-hydrogen) atoms. The summed E-state index contributed by atoms with van der Waals surface area (Å²) in [5.41, 5.74) is 3.50. The average molecular weight is 225 g/mol. The molecule has 0 N–H and O–H groups in total. The van der Waals surface area contributed by atoms with Crippen molar-refractivity contribution in [2.45, 2.75) is 38.6 Å². The fraction of sp³-hybridized carbons (Fsp3) is 0.583. The third kappa shape index (κ3) is 2.25. The Morgan fingerprint density at radius 2 is 2.27 bits per heavy atom. The smallest absolute Gasteiger partial charge is 0.0509 e. The number of aromatic nitrogens is 1. The van der Waals surface area contributed by atoms with Gasteiger partial charge in [-0.25, -0.2) is 0 Å². The summed E-state index contributed by atoms with van der Waals surface area (Å²) < 4.78 is 0. The van der Waals surface area contributed by atoms with Crippen molar-refractivity contribution in [3.8, 4) is 0 Å². The Balaban J connectivity index is 2.34. The van der Waals surface area contributed by atoms with E-state index < -0.39 is 0 Å². The first-order valence-corrected chi connectivity index (χ1v) is 6.07. The zero-order valence-corrected chi connectivity index (χ0v) is 10.1. The van der Waals surface area contributed by atoms with Crippen LogP contribution in [0.4, 0.5) is 5.69 Å². The van der Waals surface area contributed by atoms with E-state index in [2.05, 4.69) is 22.9 Å². The fourth-order valence-corrected chi connectivity index (χ4v) is 2.16. The Bertz CT molecular complexity index is 347. The molecule has 1 saturated carbocycles. The van der Waals surface area contributed by atoms with E-state index in [9.17, 15) is 0 Å². The lowest BCUT2D eigenvalue weighted by molar-refractivity contribution is 0.818. The van der Waals surface area contributed by atoms with Crippen LogP contribution in [0.25, 0.3) is 0 Å². The number of hydrogen-bond donors (Lipinski definition) is 0. The van der Waals surface area contributed by atoms with Gasteiger partial charge in [0.2, 0.25) is 0 Å². The molecular weight excluding hydrogens is 208 g/mol. The van der Waals surface area contributed by atoms with Crippen LogP contribution in [0.15, 0.2) is 12.3 Å². The van der Waals surface area contributed by atoms with Gasteiger partial charge < -0.3 is 4.90 Å². The summed E-state index contributed by atoms with van der Waals surface area (Å²) in [6.07, 6.45) is 4.54. The van der Waals surface area contributed by atoms with E-state index >= 15 is 0 Å². The first kappa shape index (κ1) is 10.7. The van der Waals surface area contributed by atoms with Gasteiger partial charge in [0.15, 0.2) is 0 Å². The van der Waals surface area contributed by atoms with Gasteiger partial charge in [0.25, 0.3) is 0 Å². The number of halogens is 1. The molecule has 0 spiro atoms. The van der Waals surface area contributed by atoms with Crippen LogP contribution in [-0.2, 0) is 5.88 Å². The summed E-state index contributed by atoms with van der Waals surface area (Å²) in [4.78, 5) is 6.75. The molecule has 1 heterocycles. The molecule has 0 radical (unpaired) electrons. The minimum Gasteiger partial charge on any atom is -0.368 e. The van der Waals surface area contributed by atoms with Crippen LogP contribution in [0.5, 0.6) is 0 Å². The zero-order chi connectivity index (χ0) is 10.8. The minimum atomic E-state index is 0.547. The first-order chi connectivity index (χ1) is 7.26. The van der Waals surface area contributed by atoms with E-state index in [4.69, 9.17) is 11.6 Å². The van der Waals surface area contributed by atoms with Crippen molar-refractivity contribution in [3.05, 3.63) is 23.5 Å². The van der Waals surface area contributed by atoms with E-state index in [0.29, 0.717) is 5.88 Å². The number of rotatable bonds is 4. The topological polar surface area (TPSA) is 16.1 Å². The second kappa shape index (κ2) is 4.40. The van der Waals surface area contributed by atoms with Crippen molar-refractivity contribution in [2.75, 3.05) is 11.4 Å². The molecule has 0 saturated heterocycles. The molecule has 0 atom stereocenters. The normalized spacial score (nSPS) is 15.4. The second-order valence-corrected chi connectivity index (χ2v) is 4.37. The number of alkyl halides is 1. The highest BCUT2D eigenvalue weighted by Gasteiger charge is 2.29. The molecular formula is C12H17ClN2. The maximum Gasteiger partial charge on any atom is 0.0509 e. The van der Waals surface area contributed by atoms with E-state index in [1.54, 1.807) is 0 Å². The highest BCUT2D eigenvalue weighted by Crippen LogP contribution is 2.33. The van der Waals surface area contributed by atoms with E-state index in [1.165, 1.54) is 18.5 Å². The Kier molecular flexibility index (Phi) is 3.15. The standard InChI is InChI=1S/C12H17ClN2/c1-3-15(11-4-5-11)12-6-9(2)14-8-10(12)7-13/h6,8,11H,3-5,7H2,1-2H3. The lowest BCUT2D eigenvalue weighted by atomic mass is 10.2. The molecule has 1 aromatic heterocycles. The molecule has 0 amide bonds. The van der Waals surface area contributed by atoms with Gasteiger partial charge in [-0.3, -0.25) is 4.98 Å². The Hall–Kier alpha value is -0.760. The Morgan fingerprint density at radius 3 is 2.80 bits per heavy atom. The molecule has 1 fully saturated rings.